The Kier molecular flexibility index (Phi) is 5.87. The van der Waals surface area contributed by atoms with Crippen LogP contribution in [0, 0.1) is 0 Å². The van der Waals surface area contributed by atoms with Gasteiger partial charge in [-0.25, -0.2) is 9.98 Å². The lowest BCUT2D eigenvalue weighted by atomic mass is 9.94. The molecule has 5 heteroatoms. The van der Waals surface area contributed by atoms with Crippen LogP contribution in [0.15, 0.2) is 170 Å². The van der Waals surface area contributed by atoms with Crippen LogP contribution in [0.3, 0.4) is 0 Å². The van der Waals surface area contributed by atoms with Gasteiger partial charge in [0.25, 0.3) is 0 Å². The van der Waals surface area contributed by atoms with Crippen molar-refractivity contribution in [3.8, 4) is 11.1 Å². The molecule has 2 aromatic heterocycles. The zero-order chi connectivity index (χ0) is 31.6. The zero-order valence-corrected chi connectivity index (χ0v) is 25.7. The van der Waals surface area contributed by atoms with Crippen LogP contribution >= 0.6 is 0 Å². The molecule has 1 N–H and O–H groups in total. The molecule has 0 saturated carbocycles. The molecule has 5 nitrogen and oxygen atoms in total. The Balaban J connectivity index is 1.20. The van der Waals surface area contributed by atoms with Crippen LogP contribution in [-0.2, 0) is 0 Å². The molecule has 0 bridgehead atoms. The minimum atomic E-state index is -0.415. The summed E-state index contributed by atoms with van der Waals surface area (Å²) in [6.07, 6.45) is -0.415. The molecule has 9 aromatic rings. The third kappa shape index (κ3) is 4.18. The molecule has 0 aliphatic carbocycles. The van der Waals surface area contributed by atoms with Gasteiger partial charge in [-0.2, -0.15) is 0 Å². The molecule has 226 valence electrons. The number of nitrogens with zero attached hydrogens (tertiary/aromatic N) is 2. The summed E-state index contributed by atoms with van der Waals surface area (Å²) in [7, 11) is 0. The number of furan rings is 2. The number of para-hydroxylation sites is 2. The SMILES string of the molecule is c1ccc(C2=NC(c3ccc(-c4cccc5oc6ccccc6c45)c4oc5ccccc5c34)NC(c3ccc4ccccc4c3)=N2)cc1. The van der Waals surface area contributed by atoms with E-state index in [0.29, 0.717) is 5.84 Å². The molecule has 0 saturated heterocycles. The summed E-state index contributed by atoms with van der Waals surface area (Å²) in [6.45, 7) is 0. The highest BCUT2D eigenvalue weighted by Gasteiger charge is 2.27. The van der Waals surface area contributed by atoms with Crippen LogP contribution in [-0.4, -0.2) is 11.7 Å². The second-order valence-corrected chi connectivity index (χ2v) is 12.2. The maximum absolute atomic E-state index is 6.74. The van der Waals surface area contributed by atoms with E-state index in [4.69, 9.17) is 18.8 Å². The number of rotatable bonds is 4. The molecular formula is C43H27N3O2. The number of aliphatic imine (C=N–C) groups is 2. The van der Waals surface area contributed by atoms with Gasteiger partial charge in [-0.1, -0.05) is 127 Å². The molecule has 0 amide bonds. The van der Waals surface area contributed by atoms with Crippen molar-refractivity contribution in [3.63, 3.8) is 0 Å². The van der Waals surface area contributed by atoms with E-state index >= 15 is 0 Å². The molecule has 0 radical (unpaired) electrons. The molecule has 48 heavy (non-hydrogen) atoms. The summed E-state index contributed by atoms with van der Waals surface area (Å²) in [4.78, 5) is 10.3. The van der Waals surface area contributed by atoms with Crippen molar-refractivity contribution in [1.82, 2.24) is 5.32 Å². The number of amidine groups is 2. The Morgan fingerprint density at radius 2 is 1.21 bits per heavy atom. The largest absolute Gasteiger partial charge is 0.456 e. The van der Waals surface area contributed by atoms with Crippen molar-refractivity contribution < 1.29 is 8.83 Å². The molecule has 1 aliphatic rings. The van der Waals surface area contributed by atoms with E-state index in [9.17, 15) is 0 Å². The van der Waals surface area contributed by atoms with E-state index in [1.54, 1.807) is 0 Å². The van der Waals surface area contributed by atoms with E-state index in [-0.39, 0.29) is 0 Å². The fourth-order valence-electron chi connectivity index (χ4n) is 7.10. The van der Waals surface area contributed by atoms with E-state index < -0.39 is 6.17 Å². The quantitative estimate of drug-likeness (QED) is 0.214. The molecular weight excluding hydrogens is 590 g/mol. The Bertz CT molecular complexity index is 2770. The van der Waals surface area contributed by atoms with Crippen LogP contribution in [0.1, 0.15) is 22.9 Å². The number of fused-ring (bicyclic) bond motifs is 7. The molecule has 1 atom stereocenters. The lowest BCUT2D eigenvalue weighted by Crippen LogP contribution is -2.33. The molecule has 3 heterocycles. The third-order valence-corrected chi connectivity index (χ3v) is 9.34. The topological polar surface area (TPSA) is 63.0 Å². The fraction of sp³-hybridized carbons (Fsp3) is 0.0233. The third-order valence-electron chi connectivity index (χ3n) is 9.34. The Morgan fingerprint density at radius 1 is 0.500 bits per heavy atom. The predicted octanol–water partition coefficient (Wildman–Crippen LogP) is 10.8. The van der Waals surface area contributed by atoms with Crippen molar-refractivity contribution in [2.24, 2.45) is 9.98 Å². The smallest absolute Gasteiger partial charge is 0.159 e. The summed E-state index contributed by atoms with van der Waals surface area (Å²) in [5, 5.41) is 10.3. The van der Waals surface area contributed by atoms with E-state index in [1.807, 2.05) is 54.6 Å². The average molecular weight is 618 g/mol. The van der Waals surface area contributed by atoms with E-state index in [2.05, 4.69) is 102 Å². The molecule has 10 rings (SSSR count). The van der Waals surface area contributed by atoms with Crippen LogP contribution in [0.2, 0.25) is 0 Å². The van der Waals surface area contributed by atoms with Gasteiger partial charge in [-0.3, -0.25) is 0 Å². The van der Waals surface area contributed by atoms with E-state index in [1.165, 1.54) is 5.39 Å². The normalized spacial score (nSPS) is 14.9. The molecule has 1 unspecified atom stereocenters. The summed E-state index contributed by atoms with van der Waals surface area (Å²) >= 11 is 0. The van der Waals surface area contributed by atoms with Gasteiger partial charge in [0, 0.05) is 43.8 Å². The van der Waals surface area contributed by atoms with Crippen molar-refractivity contribution in [2.75, 3.05) is 0 Å². The Morgan fingerprint density at radius 3 is 2.06 bits per heavy atom. The van der Waals surface area contributed by atoms with Crippen molar-refractivity contribution in [2.45, 2.75) is 6.17 Å². The first kappa shape index (κ1) is 26.7. The van der Waals surface area contributed by atoms with Gasteiger partial charge in [-0.15, -0.1) is 0 Å². The number of nitrogens with one attached hydrogen (secondary N) is 1. The van der Waals surface area contributed by atoms with Crippen molar-refractivity contribution >= 4 is 66.3 Å². The number of hydrogen-bond donors (Lipinski definition) is 1. The second kappa shape index (κ2) is 10.5. The second-order valence-electron chi connectivity index (χ2n) is 12.2. The van der Waals surface area contributed by atoms with Gasteiger partial charge in [0.1, 0.15) is 34.3 Å². The maximum Gasteiger partial charge on any atom is 0.159 e. The maximum atomic E-state index is 6.74. The highest BCUT2D eigenvalue weighted by molar-refractivity contribution is 6.19. The van der Waals surface area contributed by atoms with Gasteiger partial charge >= 0.3 is 0 Å². The molecule has 0 spiro atoms. The molecule has 7 aromatic carbocycles. The minimum absolute atomic E-state index is 0.415. The van der Waals surface area contributed by atoms with Gasteiger partial charge < -0.3 is 14.2 Å². The average Bonchev–Trinajstić information content (AvgIpc) is 3.74. The number of benzene rings is 7. The monoisotopic (exact) mass is 617 g/mol. The van der Waals surface area contributed by atoms with Gasteiger partial charge in [0.2, 0.25) is 0 Å². The highest BCUT2D eigenvalue weighted by atomic mass is 16.3. The zero-order valence-electron chi connectivity index (χ0n) is 25.7. The number of hydrogen-bond acceptors (Lipinski definition) is 5. The highest BCUT2D eigenvalue weighted by Crippen LogP contribution is 2.44. The lowest BCUT2D eigenvalue weighted by molar-refractivity contribution is 0.663. The predicted molar refractivity (Wildman–Crippen MR) is 196 cm³/mol. The first-order valence-corrected chi connectivity index (χ1v) is 16.1. The Hall–Kier alpha value is -6.46. The Labute approximate surface area is 275 Å². The van der Waals surface area contributed by atoms with Crippen LogP contribution in [0.5, 0.6) is 0 Å². The molecule has 1 aliphatic heterocycles. The first-order valence-electron chi connectivity index (χ1n) is 16.1. The lowest BCUT2D eigenvalue weighted by Gasteiger charge is -2.24. The summed E-state index contributed by atoms with van der Waals surface area (Å²) < 4.78 is 13.0. The standard InChI is InChI=1S/C43H27N3O2/c1-2-12-27(13-3-1)41-44-42(29-22-21-26-11-4-5-14-28(26)25-29)46-43(45-41)34-24-23-31(40-39(34)33-16-7-9-19-36(33)48-40)30-17-10-20-37-38(30)32-15-6-8-18-35(32)47-37/h1-25,43H,(H,44,45,46). The minimum Gasteiger partial charge on any atom is -0.456 e. The van der Waals surface area contributed by atoms with Crippen molar-refractivity contribution in [1.29, 1.82) is 0 Å². The van der Waals surface area contributed by atoms with Gasteiger partial charge in [0.15, 0.2) is 5.84 Å². The first-order chi connectivity index (χ1) is 23.8. The van der Waals surface area contributed by atoms with Crippen LogP contribution < -0.4 is 5.32 Å². The van der Waals surface area contributed by atoms with Crippen molar-refractivity contribution in [3.05, 3.63) is 168 Å². The fourth-order valence-corrected chi connectivity index (χ4v) is 7.10. The van der Waals surface area contributed by atoms with E-state index in [0.717, 1.165) is 82.9 Å². The van der Waals surface area contributed by atoms with Crippen LogP contribution in [0.25, 0.3) is 65.8 Å². The molecule has 0 fully saturated rings. The van der Waals surface area contributed by atoms with Crippen LogP contribution in [0.4, 0.5) is 0 Å². The van der Waals surface area contributed by atoms with Gasteiger partial charge in [-0.05, 0) is 40.6 Å². The summed E-state index contributed by atoms with van der Waals surface area (Å²) in [6, 6.07) is 52.1. The van der Waals surface area contributed by atoms with Gasteiger partial charge in [0.05, 0.1) is 0 Å². The summed E-state index contributed by atoms with van der Waals surface area (Å²) in [5.41, 5.74) is 8.43. The summed E-state index contributed by atoms with van der Waals surface area (Å²) in [5.74, 6) is 1.46.